The fourth-order valence-corrected chi connectivity index (χ4v) is 6.46. The van der Waals surface area contributed by atoms with Crippen molar-refractivity contribution in [1.29, 1.82) is 0 Å². The van der Waals surface area contributed by atoms with Crippen molar-refractivity contribution in [3.8, 4) is 0 Å². The first kappa shape index (κ1) is 56.6. The highest BCUT2D eigenvalue weighted by Gasteiger charge is 2.28. The van der Waals surface area contributed by atoms with Crippen molar-refractivity contribution >= 4 is 27.6 Å². The standard InChI is InChI=1S/C44H76O13P2/c1-3-5-7-9-11-13-15-17-18-19-20-21-22-24-25-27-29-31-33-35-43(46)53-39-42(40-56-59(51,52)55-38-41(45)37-54-58(48,49)50)57-44(47)36-34-32-30-28-26-23-16-14-12-10-8-6-4-2/h5,7,11,13-14,16-18,20-21,24-25,41-42,45H,3-4,6,8-10,12,15,19,22-23,26-40H2,1-2H3,(H,51,52)(H2,48,49,50)/b7-5-,13-11-,16-14-,18-17-,21-20-,25-24-/t41-,42+/m0/s1. The van der Waals surface area contributed by atoms with Gasteiger partial charge in [-0.05, 0) is 83.5 Å². The molecule has 15 heteroatoms. The van der Waals surface area contributed by atoms with Crippen molar-refractivity contribution < 1.29 is 61.6 Å². The molecule has 0 aromatic heterocycles. The van der Waals surface area contributed by atoms with Gasteiger partial charge in [-0.25, -0.2) is 9.13 Å². The molecule has 59 heavy (non-hydrogen) atoms. The van der Waals surface area contributed by atoms with Gasteiger partial charge in [0.2, 0.25) is 0 Å². The Bertz CT molecular complexity index is 1320. The molecule has 0 aromatic rings. The molecule has 0 aliphatic heterocycles. The van der Waals surface area contributed by atoms with E-state index in [0.29, 0.717) is 12.8 Å². The van der Waals surface area contributed by atoms with Gasteiger partial charge in [0.15, 0.2) is 6.10 Å². The van der Waals surface area contributed by atoms with Gasteiger partial charge < -0.3 is 29.3 Å². The number of phosphoric ester groups is 2. The summed E-state index contributed by atoms with van der Waals surface area (Å²) < 4.78 is 47.7. The molecule has 340 valence electrons. The van der Waals surface area contributed by atoms with E-state index in [9.17, 15) is 28.7 Å². The van der Waals surface area contributed by atoms with Crippen LogP contribution in [0.2, 0.25) is 0 Å². The van der Waals surface area contributed by atoms with Crippen LogP contribution in [0.4, 0.5) is 0 Å². The number of allylic oxidation sites excluding steroid dienone is 12. The number of unbranched alkanes of at least 4 members (excludes halogenated alkanes) is 12. The van der Waals surface area contributed by atoms with Gasteiger partial charge in [-0.15, -0.1) is 0 Å². The van der Waals surface area contributed by atoms with Crippen LogP contribution in [0.1, 0.15) is 155 Å². The summed E-state index contributed by atoms with van der Waals surface area (Å²) in [6.45, 7) is 1.57. The van der Waals surface area contributed by atoms with Gasteiger partial charge in [0, 0.05) is 12.8 Å². The van der Waals surface area contributed by atoms with Gasteiger partial charge in [0.1, 0.15) is 12.7 Å². The predicted octanol–water partition coefficient (Wildman–Crippen LogP) is 11.0. The summed E-state index contributed by atoms with van der Waals surface area (Å²) in [5, 5.41) is 9.74. The number of carbonyl (C=O) groups excluding carboxylic acids is 2. The summed E-state index contributed by atoms with van der Waals surface area (Å²) in [5.74, 6) is -1.08. The number of hydrogen-bond donors (Lipinski definition) is 4. The number of carbonyl (C=O) groups is 2. The van der Waals surface area contributed by atoms with Crippen LogP contribution in [-0.2, 0) is 41.8 Å². The second-order valence-corrected chi connectivity index (χ2v) is 16.9. The van der Waals surface area contributed by atoms with Crippen LogP contribution >= 0.6 is 15.6 Å². The minimum atomic E-state index is -4.87. The fraction of sp³-hybridized carbons (Fsp3) is 0.682. The maximum atomic E-state index is 12.6. The largest absolute Gasteiger partial charge is 0.472 e. The number of esters is 2. The van der Waals surface area contributed by atoms with Gasteiger partial charge in [-0.1, -0.05) is 132 Å². The summed E-state index contributed by atoms with van der Waals surface area (Å²) in [7, 11) is -9.69. The Kier molecular flexibility index (Phi) is 38.0. The Labute approximate surface area is 354 Å². The molecule has 0 saturated carbocycles. The van der Waals surface area contributed by atoms with Crippen molar-refractivity contribution in [3.63, 3.8) is 0 Å². The molecule has 0 fully saturated rings. The zero-order valence-corrected chi connectivity index (χ0v) is 37.6. The maximum absolute atomic E-state index is 12.6. The molecule has 13 nitrogen and oxygen atoms in total. The zero-order chi connectivity index (χ0) is 43.7. The van der Waals surface area contributed by atoms with Gasteiger partial charge in [0.05, 0.1) is 19.8 Å². The first-order chi connectivity index (χ1) is 28.4. The lowest BCUT2D eigenvalue weighted by atomic mass is 10.1. The Balaban J connectivity index is 4.59. The molecule has 0 saturated heterocycles. The van der Waals surface area contributed by atoms with Crippen LogP contribution in [0.25, 0.3) is 0 Å². The summed E-state index contributed by atoms with van der Waals surface area (Å²) >= 11 is 0. The second kappa shape index (κ2) is 39.7. The van der Waals surface area contributed by atoms with Gasteiger partial charge in [-0.3, -0.25) is 23.2 Å². The number of phosphoric acid groups is 2. The lowest BCUT2D eigenvalue weighted by molar-refractivity contribution is -0.161. The van der Waals surface area contributed by atoms with Crippen LogP contribution in [-0.4, -0.2) is 70.4 Å². The lowest BCUT2D eigenvalue weighted by Gasteiger charge is -2.20. The smallest absolute Gasteiger partial charge is 0.462 e. The van der Waals surface area contributed by atoms with Crippen LogP contribution < -0.4 is 0 Å². The van der Waals surface area contributed by atoms with Crippen LogP contribution in [0, 0.1) is 0 Å². The molecule has 0 aliphatic rings. The van der Waals surface area contributed by atoms with E-state index in [1.165, 1.54) is 25.7 Å². The average molecular weight is 875 g/mol. The quantitative estimate of drug-likeness (QED) is 0.0197. The normalized spacial score (nSPS) is 14.7. The molecule has 0 heterocycles. The topological polar surface area (TPSA) is 195 Å². The van der Waals surface area contributed by atoms with Gasteiger partial charge >= 0.3 is 27.6 Å². The highest BCUT2D eigenvalue weighted by Crippen LogP contribution is 2.43. The average Bonchev–Trinajstić information content (AvgIpc) is 3.19. The third-order valence-electron chi connectivity index (χ3n) is 8.57. The fourth-order valence-electron chi connectivity index (χ4n) is 5.31. The number of ether oxygens (including phenoxy) is 2. The molecular formula is C44H76O13P2. The second-order valence-electron chi connectivity index (χ2n) is 14.2. The Morgan fingerprint density at radius 3 is 1.47 bits per heavy atom. The minimum absolute atomic E-state index is 0.110. The molecule has 4 N–H and O–H groups in total. The predicted molar refractivity (Wildman–Crippen MR) is 234 cm³/mol. The van der Waals surface area contributed by atoms with E-state index in [4.69, 9.17) is 23.8 Å². The van der Waals surface area contributed by atoms with Gasteiger partial charge in [0.25, 0.3) is 0 Å². The van der Waals surface area contributed by atoms with E-state index < -0.39 is 66.2 Å². The maximum Gasteiger partial charge on any atom is 0.472 e. The molecular weight excluding hydrogens is 798 g/mol. The van der Waals surface area contributed by atoms with E-state index in [2.05, 4.69) is 95.8 Å². The molecule has 0 radical (unpaired) electrons. The number of aliphatic hydroxyl groups excluding tert-OH is 1. The van der Waals surface area contributed by atoms with E-state index >= 15 is 0 Å². The number of hydrogen-bond acceptors (Lipinski definition) is 10. The van der Waals surface area contributed by atoms with E-state index in [1.807, 2.05) is 0 Å². The zero-order valence-electron chi connectivity index (χ0n) is 35.8. The summed E-state index contributed by atoms with van der Waals surface area (Å²) in [5.41, 5.74) is 0. The van der Waals surface area contributed by atoms with Crippen LogP contribution in [0.5, 0.6) is 0 Å². The third-order valence-corrected chi connectivity index (χ3v) is 10.0. The van der Waals surface area contributed by atoms with Crippen LogP contribution in [0.15, 0.2) is 72.9 Å². The van der Waals surface area contributed by atoms with Crippen molar-refractivity contribution in [2.24, 2.45) is 0 Å². The highest BCUT2D eigenvalue weighted by atomic mass is 31.2. The van der Waals surface area contributed by atoms with Crippen molar-refractivity contribution in [2.75, 3.05) is 26.4 Å². The van der Waals surface area contributed by atoms with Gasteiger partial charge in [-0.2, -0.15) is 0 Å². The first-order valence-electron chi connectivity index (χ1n) is 21.6. The molecule has 3 atom stereocenters. The third kappa shape index (κ3) is 43.5. The minimum Gasteiger partial charge on any atom is -0.462 e. The Hall–Kier alpha value is -2.44. The monoisotopic (exact) mass is 874 g/mol. The van der Waals surface area contributed by atoms with E-state index in [-0.39, 0.29) is 12.8 Å². The van der Waals surface area contributed by atoms with Crippen molar-refractivity contribution in [3.05, 3.63) is 72.9 Å². The summed E-state index contributed by atoms with van der Waals surface area (Å²) in [4.78, 5) is 52.6. The molecule has 0 bridgehead atoms. The molecule has 1 unspecified atom stereocenters. The number of aliphatic hydroxyl groups is 1. The van der Waals surface area contributed by atoms with Crippen molar-refractivity contribution in [1.82, 2.24) is 0 Å². The molecule has 0 rings (SSSR count). The summed E-state index contributed by atoms with van der Waals surface area (Å²) in [6, 6.07) is 0. The first-order valence-corrected chi connectivity index (χ1v) is 24.7. The molecule has 0 aliphatic carbocycles. The molecule has 0 amide bonds. The SMILES string of the molecule is CC/C=C\C/C=C\C/C=C\C/C=C\C/C=C\CCCCCC(=O)OC[C@H](COP(=O)(O)OC[C@@H](O)COP(=O)(O)O)OC(=O)CCCCCCC/C=C\CCCCCC. The Morgan fingerprint density at radius 1 is 0.508 bits per heavy atom. The Morgan fingerprint density at radius 2 is 0.932 bits per heavy atom. The number of rotatable bonds is 40. The highest BCUT2D eigenvalue weighted by molar-refractivity contribution is 7.47. The summed E-state index contributed by atoms with van der Waals surface area (Å²) in [6.07, 6.45) is 43.2. The van der Waals surface area contributed by atoms with Crippen LogP contribution in [0.3, 0.4) is 0 Å². The van der Waals surface area contributed by atoms with E-state index in [0.717, 1.165) is 89.9 Å². The van der Waals surface area contributed by atoms with Crippen molar-refractivity contribution in [2.45, 2.75) is 167 Å². The van der Waals surface area contributed by atoms with E-state index in [1.54, 1.807) is 0 Å². The molecule has 0 spiro atoms. The molecule has 0 aromatic carbocycles. The lowest BCUT2D eigenvalue weighted by Crippen LogP contribution is -2.30.